The van der Waals surface area contributed by atoms with Crippen molar-refractivity contribution in [3.8, 4) is 5.75 Å². The van der Waals surface area contributed by atoms with Crippen molar-refractivity contribution in [2.24, 2.45) is 0 Å². The number of nitrogens with two attached hydrogens (primary N) is 1. The number of carboxylic acid groups (broad SMARTS) is 1. The van der Waals surface area contributed by atoms with E-state index in [1.54, 1.807) is 7.11 Å². The monoisotopic (exact) mass is 384 g/mol. The largest absolute Gasteiger partial charge is 0.496 e. The predicted molar refractivity (Wildman–Crippen MR) is 109 cm³/mol. The van der Waals surface area contributed by atoms with E-state index in [0.29, 0.717) is 19.3 Å². The molecule has 1 aliphatic carbocycles. The summed E-state index contributed by atoms with van der Waals surface area (Å²) in [4.78, 5) is 20.4. The van der Waals surface area contributed by atoms with E-state index in [2.05, 4.69) is 22.2 Å². The fourth-order valence-electron chi connectivity index (χ4n) is 3.51. The fraction of sp³-hybridized carbons (Fsp3) is 0.476. The van der Waals surface area contributed by atoms with Gasteiger partial charge in [-0.15, -0.1) is 0 Å². The standard InChI is InChI=1S/C21H28N4O3/c1-4-5-10-23-18-16(13(2)24-20(22)25-18)12-14-11-15(6-7-17(14)28-3)21(8-9-21)19(26)27/h6-7,11H,4-5,8-10,12H2,1-3H3,(H,26,27)(H3,22,23,24,25). The van der Waals surface area contributed by atoms with E-state index < -0.39 is 11.4 Å². The van der Waals surface area contributed by atoms with Crippen LogP contribution in [0.15, 0.2) is 18.2 Å². The van der Waals surface area contributed by atoms with Gasteiger partial charge in [-0.25, -0.2) is 4.98 Å². The molecule has 1 aromatic heterocycles. The first kappa shape index (κ1) is 19.9. The Bertz CT molecular complexity index is 878. The van der Waals surface area contributed by atoms with Gasteiger partial charge < -0.3 is 20.9 Å². The molecule has 2 aromatic rings. The average molecular weight is 384 g/mol. The highest BCUT2D eigenvalue weighted by Crippen LogP contribution is 2.49. The number of anilines is 2. The first-order valence-electron chi connectivity index (χ1n) is 9.69. The van der Waals surface area contributed by atoms with Crippen LogP contribution in [-0.4, -0.2) is 34.7 Å². The van der Waals surface area contributed by atoms with Gasteiger partial charge in [-0.3, -0.25) is 4.79 Å². The Kier molecular flexibility index (Phi) is 5.72. The summed E-state index contributed by atoms with van der Waals surface area (Å²) in [5.41, 5.74) is 8.59. The van der Waals surface area contributed by atoms with E-state index in [1.807, 2.05) is 25.1 Å². The number of carboxylic acids is 1. The highest BCUT2D eigenvalue weighted by Gasteiger charge is 2.51. The van der Waals surface area contributed by atoms with Gasteiger partial charge in [0.2, 0.25) is 5.95 Å². The third-order valence-electron chi connectivity index (χ3n) is 5.41. The Morgan fingerprint density at radius 3 is 2.71 bits per heavy atom. The van der Waals surface area contributed by atoms with E-state index in [1.165, 1.54) is 0 Å². The first-order valence-corrected chi connectivity index (χ1v) is 9.69. The molecular formula is C21H28N4O3. The zero-order valence-electron chi connectivity index (χ0n) is 16.7. The number of unbranched alkanes of at least 4 members (excludes halogenated alkanes) is 1. The molecule has 0 amide bonds. The summed E-state index contributed by atoms with van der Waals surface area (Å²) in [6.45, 7) is 4.85. The smallest absolute Gasteiger partial charge is 0.314 e. The van der Waals surface area contributed by atoms with Crippen LogP contribution >= 0.6 is 0 Å². The Balaban J connectivity index is 1.98. The molecule has 1 fully saturated rings. The minimum atomic E-state index is -0.766. The summed E-state index contributed by atoms with van der Waals surface area (Å²) in [6.07, 6.45) is 3.98. The summed E-state index contributed by atoms with van der Waals surface area (Å²) < 4.78 is 5.53. The van der Waals surface area contributed by atoms with E-state index in [-0.39, 0.29) is 5.95 Å². The molecule has 4 N–H and O–H groups in total. The van der Waals surface area contributed by atoms with Gasteiger partial charge in [0, 0.05) is 24.2 Å². The fourth-order valence-corrected chi connectivity index (χ4v) is 3.51. The van der Waals surface area contributed by atoms with Gasteiger partial charge >= 0.3 is 5.97 Å². The number of hydrogen-bond acceptors (Lipinski definition) is 6. The average Bonchev–Trinajstić information content (AvgIpc) is 3.46. The van der Waals surface area contributed by atoms with Crippen molar-refractivity contribution in [1.82, 2.24) is 9.97 Å². The molecule has 0 atom stereocenters. The van der Waals surface area contributed by atoms with Crippen molar-refractivity contribution < 1.29 is 14.6 Å². The highest BCUT2D eigenvalue weighted by atomic mass is 16.5. The van der Waals surface area contributed by atoms with Crippen LogP contribution in [0.5, 0.6) is 5.75 Å². The Hall–Kier alpha value is -2.83. The van der Waals surface area contributed by atoms with Gasteiger partial charge in [-0.2, -0.15) is 4.98 Å². The minimum absolute atomic E-state index is 0.240. The molecule has 0 spiro atoms. The number of nitrogens with zero attached hydrogens (tertiary/aromatic N) is 2. The van der Waals surface area contributed by atoms with Gasteiger partial charge in [0.05, 0.1) is 12.5 Å². The van der Waals surface area contributed by atoms with Gasteiger partial charge in [-0.1, -0.05) is 25.5 Å². The van der Waals surface area contributed by atoms with Crippen LogP contribution in [0.3, 0.4) is 0 Å². The molecule has 1 heterocycles. The number of hydrogen-bond donors (Lipinski definition) is 3. The minimum Gasteiger partial charge on any atom is -0.496 e. The van der Waals surface area contributed by atoms with Gasteiger partial charge in [0.15, 0.2) is 0 Å². The van der Waals surface area contributed by atoms with Crippen LogP contribution in [0, 0.1) is 6.92 Å². The summed E-state index contributed by atoms with van der Waals surface area (Å²) in [7, 11) is 1.62. The lowest BCUT2D eigenvalue weighted by molar-refractivity contribution is -0.140. The number of methoxy groups -OCH3 is 1. The molecule has 1 aliphatic rings. The van der Waals surface area contributed by atoms with Gasteiger partial charge in [0.1, 0.15) is 11.6 Å². The second-order valence-corrected chi connectivity index (χ2v) is 7.37. The van der Waals surface area contributed by atoms with Crippen LogP contribution in [0.2, 0.25) is 0 Å². The van der Waals surface area contributed by atoms with Crippen molar-refractivity contribution in [2.75, 3.05) is 24.7 Å². The molecule has 0 radical (unpaired) electrons. The van der Waals surface area contributed by atoms with Crippen LogP contribution in [-0.2, 0) is 16.6 Å². The summed E-state index contributed by atoms with van der Waals surface area (Å²) >= 11 is 0. The second kappa shape index (κ2) is 8.04. The van der Waals surface area contributed by atoms with Gasteiger partial charge in [0.25, 0.3) is 0 Å². The molecule has 0 unspecified atom stereocenters. The lowest BCUT2D eigenvalue weighted by atomic mass is 9.92. The third kappa shape index (κ3) is 3.88. The molecule has 28 heavy (non-hydrogen) atoms. The molecule has 3 rings (SSSR count). The molecule has 0 aliphatic heterocycles. The Labute approximate surface area is 165 Å². The number of rotatable bonds is 9. The summed E-state index contributed by atoms with van der Waals surface area (Å²) in [6, 6.07) is 5.66. The first-order chi connectivity index (χ1) is 13.4. The maximum absolute atomic E-state index is 11.7. The predicted octanol–water partition coefficient (Wildman–Crippen LogP) is 3.29. The molecule has 1 saturated carbocycles. The van der Waals surface area contributed by atoms with Crippen molar-refractivity contribution in [2.45, 2.75) is 51.4 Å². The molecule has 0 saturated heterocycles. The highest BCUT2D eigenvalue weighted by molar-refractivity contribution is 5.85. The van der Waals surface area contributed by atoms with Crippen LogP contribution in [0.1, 0.15) is 55.0 Å². The number of nitrogen functional groups attached to an aromatic ring is 1. The van der Waals surface area contributed by atoms with Crippen molar-refractivity contribution in [3.63, 3.8) is 0 Å². The zero-order chi connectivity index (χ0) is 20.3. The Morgan fingerprint density at radius 2 is 2.11 bits per heavy atom. The van der Waals surface area contributed by atoms with Crippen LogP contribution < -0.4 is 15.8 Å². The zero-order valence-corrected chi connectivity index (χ0v) is 16.7. The van der Waals surface area contributed by atoms with E-state index in [4.69, 9.17) is 10.5 Å². The lowest BCUT2D eigenvalue weighted by Crippen LogP contribution is -2.19. The quantitative estimate of drug-likeness (QED) is 0.569. The maximum Gasteiger partial charge on any atom is 0.314 e. The summed E-state index contributed by atoms with van der Waals surface area (Å²) in [5, 5.41) is 13.0. The normalized spacial score (nSPS) is 14.5. The number of aliphatic carboxylic acids is 1. The number of nitrogens with one attached hydrogen (secondary N) is 1. The van der Waals surface area contributed by atoms with E-state index in [9.17, 15) is 9.90 Å². The molecule has 0 bridgehead atoms. The second-order valence-electron chi connectivity index (χ2n) is 7.37. The Morgan fingerprint density at radius 1 is 1.36 bits per heavy atom. The molecule has 7 nitrogen and oxygen atoms in total. The lowest BCUT2D eigenvalue weighted by Gasteiger charge is -2.17. The number of ether oxygens (including phenoxy) is 1. The van der Waals surface area contributed by atoms with Crippen LogP contribution in [0.4, 0.5) is 11.8 Å². The third-order valence-corrected chi connectivity index (χ3v) is 5.41. The van der Waals surface area contributed by atoms with Gasteiger partial charge in [-0.05, 0) is 43.4 Å². The number of aryl methyl sites for hydroxylation is 1. The van der Waals surface area contributed by atoms with E-state index in [0.717, 1.165) is 53.3 Å². The number of aromatic nitrogens is 2. The topological polar surface area (TPSA) is 110 Å². The van der Waals surface area contributed by atoms with Crippen LogP contribution in [0.25, 0.3) is 0 Å². The molecule has 1 aromatic carbocycles. The maximum atomic E-state index is 11.7. The van der Waals surface area contributed by atoms with Crippen molar-refractivity contribution in [3.05, 3.63) is 40.6 Å². The van der Waals surface area contributed by atoms with Crippen molar-refractivity contribution >= 4 is 17.7 Å². The van der Waals surface area contributed by atoms with Crippen molar-refractivity contribution in [1.29, 1.82) is 0 Å². The molecule has 150 valence electrons. The number of benzene rings is 1. The SMILES string of the molecule is CCCCNc1nc(N)nc(C)c1Cc1cc(C2(C(=O)O)CC2)ccc1OC. The summed E-state index contributed by atoms with van der Waals surface area (Å²) in [5.74, 6) is 0.923. The van der Waals surface area contributed by atoms with E-state index >= 15 is 0 Å². The molecule has 7 heteroatoms. The molecular weight excluding hydrogens is 356 g/mol. The number of carbonyl (C=O) groups is 1.